The van der Waals surface area contributed by atoms with Crippen LogP contribution in [0, 0.1) is 5.92 Å². The van der Waals surface area contributed by atoms with Crippen molar-refractivity contribution in [3.63, 3.8) is 0 Å². The third kappa shape index (κ3) is 3.47. The van der Waals surface area contributed by atoms with Crippen molar-refractivity contribution in [2.24, 2.45) is 5.92 Å². The summed E-state index contributed by atoms with van der Waals surface area (Å²) in [7, 11) is 0. The molecule has 1 heterocycles. The van der Waals surface area contributed by atoms with E-state index in [1.807, 2.05) is 18.2 Å². The number of nitrogens with one attached hydrogen (secondary N) is 1. The molecule has 0 saturated heterocycles. The lowest BCUT2D eigenvalue weighted by Crippen LogP contribution is -2.32. The van der Waals surface area contributed by atoms with Gasteiger partial charge in [-0.3, -0.25) is 9.59 Å². The zero-order valence-corrected chi connectivity index (χ0v) is 10.8. The van der Waals surface area contributed by atoms with Crippen molar-refractivity contribution in [3.05, 3.63) is 29.3 Å². The van der Waals surface area contributed by atoms with Crippen LogP contribution in [0.3, 0.4) is 0 Å². The van der Waals surface area contributed by atoms with E-state index < -0.39 is 11.9 Å². The standard InChI is InChI=1S/C14H17NO4/c1-9(14(17)18)8-15-13(16)7-10-2-3-12-11(6-10)4-5-19-12/h2-3,6,9H,4-5,7-8H2,1H3,(H,15,16)(H,17,18). The fourth-order valence-corrected chi connectivity index (χ4v) is 1.95. The molecule has 0 aromatic heterocycles. The number of carboxylic acid groups (broad SMARTS) is 1. The van der Waals surface area contributed by atoms with Gasteiger partial charge in [0, 0.05) is 13.0 Å². The number of carboxylic acids is 1. The van der Waals surface area contributed by atoms with Gasteiger partial charge in [-0.05, 0) is 17.2 Å². The van der Waals surface area contributed by atoms with E-state index in [9.17, 15) is 9.59 Å². The average molecular weight is 263 g/mol. The van der Waals surface area contributed by atoms with Gasteiger partial charge in [0.2, 0.25) is 5.91 Å². The second kappa shape index (κ2) is 5.73. The molecule has 1 unspecified atom stereocenters. The Labute approximate surface area is 111 Å². The number of aliphatic carboxylic acids is 1. The van der Waals surface area contributed by atoms with Crippen molar-refractivity contribution in [3.8, 4) is 5.75 Å². The SMILES string of the molecule is CC(CNC(=O)Cc1ccc2c(c1)CCO2)C(=O)O. The number of amides is 1. The molecular formula is C14H17NO4. The van der Waals surface area contributed by atoms with Crippen LogP contribution in [0.15, 0.2) is 18.2 Å². The number of carbonyl (C=O) groups is 2. The number of rotatable bonds is 5. The molecule has 1 aromatic rings. The van der Waals surface area contributed by atoms with Crippen LogP contribution in [0.2, 0.25) is 0 Å². The Kier molecular flexibility index (Phi) is 4.04. The maximum Gasteiger partial charge on any atom is 0.308 e. The predicted molar refractivity (Wildman–Crippen MR) is 69.2 cm³/mol. The lowest BCUT2D eigenvalue weighted by Gasteiger charge is -2.09. The summed E-state index contributed by atoms with van der Waals surface area (Å²) in [5, 5.41) is 11.4. The molecule has 2 rings (SSSR count). The second-order valence-electron chi connectivity index (χ2n) is 4.76. The lowest BCUT2D eigenvalue weighted by molar-refractivity contribution is -0.141. The van der Waals surface area contributed by atoms with E-state index in [1.165, 1.54) is 0 Å². The van der Waals surface area contributed by atoms with Gasteiger partial charge in [-0.1, -0.05) is 19.1 Å². The maximum atomic E-state index is 11.7. The van der Waals surface area contributed by atoms with Crippen molar-refractivity contribution < 1.29 is 19.4 Å². The van der Waals surface area contributed by atoms with E-state index in [2.05, 4.69) is 5.32 Å². The summed E-state index contributed by atoms with van der Waals surface area (Å²) in [5.74, 6) is -0.747. The summed E-state index contributed by atoms with van der Waals surface area (Å²) in [6, 6.07) is 5.72. The minimum Gasteiger partial charge on any atom is -0.493 e. The highest BCUT2D eigenvalue weighted by Crippen LogP contribution is 2.25. The molecule has 19 heavy (non-hydrogen) atoms. The Morgan fingerprint density at radius 1 is 1.47 bits per heavy atom. The molecule has 0 fully saturated rings. The Morgan fingerprint density at radius 2 is 2.26 bits per heavy atom. The van der Waals surface area contributed by atoms with Crippen molar-refractivity contribution in [2.75, 3.05) is 13.2 Å². The van der Waals surface area contributed by atoms with E-state index in [0.717, 1.165) is 23.3 Å². The van der Waals surface area contributed by atoms with Crippen LogP contribution in [0.5, 0.6) is 5.75 Å². The monoisotopic (exact) mass is 263 g/mol. The predicted octanol–water partition coefficient (Wildman–Crippen LogP) is 1.00. The van der Waals surface area contributed by atoms with Gasteiger partial charge in [-0.15, -0.1) is 0 Å². The molecule has 0 saturated carbocycles. The maximum absolute atomic E-state index is 11.7. The molecule has 0 spiro atoms. The van der Waals surface area contributed by atoms with E-state index in [-0.39, 0.29) is 18.9 Å². The first-order valence-electron chi connectivity index (χ1n) is 6.30. The first-order chi connectivity index (χ1) is 9.06. The minimum atomic E-state index is -0.907. The number of hydrogen-bond donors (Lipinski definition) is 2. The highest BCUT2D eigenvalue weighted by Gasteiger charge is 2.15. The molecule has 102 valence electrons. The Morgan fingerprint density at radius 3 is 3.00 bits per heavy atom. The van der Waals surface area contributed by atoms with Crippen LogP contribution in [0.25, 0.3) is 0 Å². The van der Waals surface area contributed by atoms with Gasteiger partial charge in [0.1, 0.15) is 5.75 Å². The van der Waals surface area contributed by atoms with E-state index in [1.54, 1.807) is 6.92 Å². The topological polar surface area (TPSA) is 75.6 Å². The first kappa shape index (κ1) is 13.4. The highest BCUT2D eigenvalue weighted by atomic mass is 16.5. The van der Waals surface area contributed by atoms with Gasteiger partial charge in [-0.2, -0.15) is 0 Å². The summed E-state index contributed by atoms with van der Waals surface area (Å²) in [6.07, 6.45) is 1.14. The molecule has 1 amide bonds. The van der Waals surface area contributed by atoms with Crippen molar-refractivity contribution >= 4 is 11.9 Å². The van der Waals surface area contributed by atoms with Gasteiger partial charge in [-0.25, -0.2) is 0 Å². The third-order valence-corrected chi connectivity index (χ3v) is 3.15. The summed E-state index contributed by atoms with van der Waals surface area (Å²) < 4.78 is 5.40. The number of carbonyl (C=O) groups excluding carboxylic acids is 1. The molecule has 0 aliphatic carbocycles. The Bertz CT molecular complexity index is 498. The summed E-state index contributed by atoms with van der Waals surface area (Å²) in [6.45, 7) is 2.42. The summed E-state index contributed by atoms with van der Waals surface area (Å²) in [5.41, 5.74) is 2.05. The van der Waals surface area contributed by atoms with Gasteiger partial charge >= 0.3 is 5.97 Å². The fraction of sp³-hybridized carbons (Fsp3) is 0.429. The van der Waals surface area contributed by atoms with Crippen molar-refractivity contribution in [1.29, 1.82) is 0 Å². The van der Waals surface area contributed by atoms with Crippen LogP contribution >= 0.6 is 0 Å². The molecule has 0 radical (unpaired) electrons. The molecule has 0 bridgehead atoms. The van der Waals surface area contributed by atoms with Crippen LogP contribution in [-0.2, 0) is 22.4 Å². The molecule has 1 aromatic carbocycles. The molecule has 2 N–H and O–H groups in total. The molecule has 1 atom stereocenters. The number of ether oxygens (including phenoxy) is 1. The van der Waals surface area contributed by atoms with Crippen LogP contribution < -0.4 is 10.1 Å². The van der Waals surface area contributed by atoms with Gasteiger partial charge < -0.3 is 15.2 Å². The van der Waals surface area contributed by atoms with Crippen LogP contribution in [0.4, 0.5) is 0 Å². The summed E-state index contributed by atoms with van der Waals surface area (Å²) >= 11 is 0. The second-order valence-corrected chi connectivity index (χ2v) is 4.76. The smallest absolute Gasteiger partial charge is 0.308 e. The molecular weight excluding hydrogens is 246 g/mol. The highest BCUT2D eigenvalue weighted by molar-refractivity contribution is 5.79. The normalized spacial score (nSPS) is 14.4. The van der Waals surface area contributed by atoms with E-state index >= 15 is 0 Å². The zero-order chi connectivity index (χ0) is 13.8. The lowest BCUT2D eigenvalue weighted by atomic mass is 10.1. The van der Waals surface area contributed by atoms with Gasteiger partial charge in [0.15, 0.2) is 0 Å². The van der Waals surface area contributed by atoms with Crippen LogP contribution in [-0.4, -0.2) is 30.1 Å². The van der Waals surface area contributed by atoms with Crippen LogP contribution in [0.1, 0.15) is 18.1 Å². The minimum absolute atomic E-state index is 0.155. The van der Waals surface area contributed by atoms with Gasteiger partial charge in [0.05, 0.1) is 18.9 Å². The largest absolute Gasteiger partial charge is 0.493 e. The fourth-order valence-electron chi connectivity index (χ4n) is 1.95. The van der Waals surface area contributed by atoms with Gasteiger partial charge in [0.25, 0.3) is 0 Å². The third-order valence-electron chi connectivity index (χ3n) is 3.15. The Balaban J connectivity index is 1.87. The number of benzene rings is 1. The molecule has 1 aliphatic rings. The zero-order valence-electron chi connectivity index (χ0n) is 10.8. The van der Waals surface area contributed by atoms with E-state index in [4.69, 9.17) is 9.84 Å². The van der Waals surface area contributed by atoms with Crippen molar-refractivity contribution in [2.45, 2.75) is 19.8 Å². The Hall–Kier alpha value is -2.04. The van der Waals surface area contributed by atoms with Crippen molar-refractivity contribution in [1.82, 2.24) is 5.32 Å². The first-order valence-corrected chi connectivity index (χ1v) is 6.30. The number of fused-ring (bicyclic) bond motifs is 1. The van der Waals surface area contributed by atoms with E-state index in [0.29, 0.717) is 6.61 Å². The molecule has 5 nitrogen and oxygen atoms in total. The quantitative estimate of drug-likeness (QED) is 0.831. The summed E-state index contributed by atoms with van der Waals surface area (Å²) in [4.78, 5) is 22.3. The molecule has 5 heteroatoms. The average Bonchev–Trinajstić information content (AvgIpc) is 2.83. The molecule has 1 aliphatic heterocycles. The number of hydrogen-bond acceptors (Lipinski definition) is 3.